The fraction of sp³-hybridized carbons (Fsp3) is 0.542. The maximum absolute atomic E-state index is 12.6. The number of piperidine rings is 1. The van der Waals surface area contributed by atoms with E-state index < -0.39 is 0 Å². The Labute approximate surface area is 180 Å². The first kappa shape index (κ1) is 22.2. The Kier molecular flexibility index (Phi) is 7.43. The van der Waals surface area contributed by atoms with Crippen LogP contribution in [0.15, 0.2) is 36.7 Å². The molecule has 0 saturated carbocycles. The number of amides is 1. The van der Waals surface area contributed by atoms with E-state index in [1.165, 1.54) is 12.8 Å². The third-order valence-corrected chi connectivity index (χ3v) is 6.31. The summed E-state index contributed by atoms with van der Waals surface area (Å²) in [5.74, 6) is 0.959. The average molecular weight is 411 g/mol. The van der Waals surface area contributed by atoms with Crippen LogP contribution in [0.5, 0.6) is 5.75 Å². The van der Waals surface area contributed by atoms with Crippen molar-refractivity contribution in [2.24, 2.45) is 0 Å². The topological polar surface area (TPSA) is 69.6 Å². The molecule has 1 N–H and O–H groups in total. The van der Waals surface area contributed by atoms with E-state index in [1.54, 1.807) is 23.4 Å². The number of nitrogens with zero attached hydrogens (tertiary/aromatic N) is 4. The third kappa shape index (κ3) is 4.64. The summed E-state index contributed by atoms with van der Waals surface area (Å²) in [4.78, 5) is 26.3. The number of hydrogen-bond acceptors (Lipinski definition) is 5. The third-order valence-electron chi connectivity index (χ3n) is 6.31. The van der Waals surface area contributed by atoms with Gasteiger partial charge in [-0.2, -0.15) is 0 Å². The molecule has 1 aliphatic rings. The van der Waals surface area contributed by atoms with E-state index in [0.29, 0.717) is 18.7 Å². The van der Waals surface area contributed by atoms with Gasteiger partial charge in [0.2, 0.25) is 0 Å². The number of likely N-dealkylation sites (tertiary alicyclic amines) is 1. The molecule has 3 rings (SSSR count). The van der Waals surface area contributed by atoms with Gasteiger partial charge in [0, 0.05) is 25.5 Å². The first-order chi connectivity index (χ1) is 14.5. The normalized spacial score (nSPS) is 16.4. The second kappa shape index (κ2) is 10.0. The number of unbranched alkanes of at least 4 members (excludes halogenated alkanes) is 1. The summed E-state index contributed by atoms with van der Waals surface area (Å²) in [5.41, 5.74) is 1.22. The van der Waals surface area contributed by atoms with Crippen LogP contribution in [0.1, 0.15) is 68.2 Å². The lowest BCUT2D eigenvalue weighted by molar-refractivity contribution is 0.0772. The van der Waals surface area contributed by atoms with Crippen LogP contribution < -0.4 is 0 Å². The van der Waals surface area contributed by atoms with Crippen LogP contribution in [0.2, 0.25) is 0 Å². The molecule has 0 bridgehead atoms. The number of hydrogen-bond donors (Lipinski definition) is 1. The van der Waals surface area contributed by atoms with Gasteiger partial charge in [0.05, 0.1) is 11.0 Å². The van der Waals surface area contributed by atoms with Crippen LogP contribution in [0.4, 0.5) is 0 Å². The highest BCUT2D eigenvalue weighted by atomic mass is 16.3. The lowest BCUT2D eigenvalue weighted by Gasteiger charge is -2.41. The highest BCUT2D eigenvalue weighted by Crippen LogP contribution is 2.41. The van der Waals surface area contributed by atoms with Crippen molar-refractivity contribution >= 4 is 5.91 Å². The Morgan fingerprint density at radius 3 is 2.37 bits per heavy atom. The highest BCUT2D eigenvalue weighted by Gasteiger charge is 2.40. The molecule has 1 amide bonds. The largest absolute Gasteiger partial charge is 0.508 e. The van der Waals surface area contributed by atoms with Gasteiger partial charge in [-0.05, 0) is 70.4 Å². The number of benzene rings is 1. The SMILES string of the molecule is CCCCN1CCC(c2cccc(O)c2)(c2ncc(C(=O)N(CC)CC)cn2)CC1. The van der Waals surface area contributed by atoms with Crippen LogP contribution in [0.3, 0.4) is 0 Å². The van der Waals surface area contributed by atoms with Crippen LogP contribution in [0.25, 0.3) is 0 Å². The van der Waals surface area contributed by atoms with E-state index in [1.807, 2.05) is 26.0 Å². The number of rotatable bonds is 8. The maximum Gasteiger partial charge on any atom is 0.256 e. The zero-order valence-electron chi connectivity index (χ0n) is 18.5. The van der Waals surface area contributed by atoms with Gasteiger partial charge in [0.1, 0.15) is 11.6 Å². The Bertz CT molecular complexity index is 825. The molecule has 2 heterocycles. The minimum atomic E-state index is -0.349. The molecule has 0 atom stereocenters. The van der Waals surface area contributed by atoms with E-state index in [9.17, 15) is 9.90 Å². The quantitative estimate of drug-likeness (QED) is 0.716. The molecule has 162 valence electrons. The number of aromatic hydroxyl groups is 1. The maximum atomic E-state index is 12.6. The van der Waals surface area contributed by atoms with Gasteiger partial charge >= 0.3 is 0 Å². The summed E-state index contributed by atoms with van der Waals surface area (Å²) in [7, 11) is 0. The predicted molar refractivity (Wildman–Crippen MR) is 119 cm³/mol. The molecule has 6 nitrogen and oxygen atoms in total. The molecule has 1 saturated heterocycles. The Morgan fingerprint density at radius 1 is 1.13 bits per heavy atom. The molecule has 1 aliphatic heterocycles. The first-order valence-electron chi connectivity index (χ1n) is 11.2. The van der Waals surface area contributed by atoms with Crippen molar-refractivity contribution in [3.63, 3.8) is 0 Å². The number of phenols is 1. The molecule has 0 spiro atoms. The Morgan fingerprint density at radius 2 is 1.80 bits per heavy atom. The molecule has 0 aliphatic carbocycles. The van der Waals surface area contributed by atoms with Gasteiger partial charge in [-0.25, -0.2) is 9.97 Å². The smallest absolute Gasteiger partial charge is 0.256 e. The molecular formula is C24H34N4O2. The molecule has 1 aromatic carbocycles. The van der Waals surface area contributed by atoms with E-state index in [0.717, 1.165) is 43.9 Å². The van der Waals surface area contributed by atoms with Crippen molar-refractivity contribution in [1.29, 1.82) is 0 Å². The second-order valence-electron chi connectivity index (χ2n) is 8.10. The Hall–Kier alpha value is -2.47. The van der Waals surface area contributed by atoms with Crippen molar-refractivity contribution in [3.05, 3.63) is 53.6 Å². The first-order valence-corrected chi connectivity index (χ1v) is 11.2. The number of carbonyl (C=O) groups excluding carboxylic acids is 1. The second-order valence-corrected chi connectivity index (χ2v) is 8.10. The van der Waals surface area contributed by atoms with Crippen LogP contribution >= 0.6 is 0 Å². The van der Waals surface area contributed by atoms with Gasteiger partial charge in [-0.3, -0.25) is 4.79 Å². The summed E-state index contributed by atoms with van der Waals surface area (Å²) in [6, 6.07) is 7.47. The van der Waals surface area contributed by atoms with Crippen molar-refractivity contribution in [2.75, 3.05) is 32.7 Å². The summed E-state index contributed by atoms with van der Waals surface area (Å²) in [6.07, 6.45) is 7.51. The molecule has 30 heavy (non-hydrogen) atoms. The molecule has 6 heteroatoms. The molecule has 1 aromatic heterocycles. The van der Waals surface area contributed by atoms with Crippen LogP contribution in [0, 0.1) is 0 Å². The van der Waals surface area contributed by atoms with Gasteiger partial charge < -0.3 is 14.9 Å². The van der Waals surface area contributed by atoms with Crippen LogP contribution in [-0.2, 0) is 5.41 Å². The van der Waals surface area contributed by atoms with Crippen molar-refractivity contribution in [2.45, 2.75) is 51.9 Å². The van der Waals surface area contributed by atoms with E-state index >= 15 is 0 Å². The minimum absolute atomic E-state index is 0.0349. The van der Waals surface area contributed by atoms with Crippen molar-refractivity contribution in [3.8, 4) is 5.75 Å². The number of aromatic nitrogens is 2. The van der Waals surface area contributed by atoms with Crippen LogP contribution in [-0.4, -0.2) is 63.5 Å². The lowest BCUT2D eigenvalue weighted by Crippen LogP contribution is -2.44. The van der Waals surface area contributed by atoms with Gasteiger partial charge in [-0.1, -0.05) is 25.5 Å². The zero-order chi connectivity index (χ0) is 21.6. The fourth-order valence-electron chi connectivity index (χ4n) is 4.36. The van der Waals surface area contributed by atoms with E-state index in [-0.39, 0.29) is 17.1 Å². The monoisotopic (exact) mass is 410 g/mol. The highest BCUT2D eigenvalue weighted by molar-refractivity contribution is 5.93. The number of phenolic OH excluding ortho intramolecular Hbond substituents is 1. The summed E-state index contributed by atoms with van der Waals surface area (Å²) >= 11 is 0. The predicted octanol–water partition coefficient (Wildman–Crippen LogP) is 3.85. The van der Waals surface area contributed by atoms with E-state index in [2.05, 4.69) is 27.9 Å². The standard InChI is InChI=1S/C24H34N4O2/c1-4-7-13-27-14-11-24(12-15-27,20-9-8-10-21(29)16-20)23-25-17-19(18-26-23)22(30)28(5-2)6-3/h8-10,16-18,29H,4-7,11-15H2,1-3H3. The summed E-state index contributed by atoms with van der Waals surface area (Å²) in [6.45, 7) is 10.6. The molecule has 0 radical (unpaired) electrons. The van der Waals surface area contributed by atoms with Crippen molar-refractivity contribution in [1.82, 2.24) is 19.8 Å². The molecule has 0 unspecified atom stereocenters. The zero-order valence-corrected chi connectivity index (χ0v) is 18.5. The van der Waals surface area contributed by atoms with Gasteiger partial charge in [0.25, 0.3) is 5.91 Å². The number of carbonyl (C=O) groups is 1. The van der Waals surface area contributed by atoms with Crippen molar-refractivity contribution < 1.29 is 9.90 Å². The summed E-state index contributed by atoms with van der Waals surface area (Å²) in [5, 5.41) is 10.1. The summed E-state index contributed by atoms with van der Waals surface area (Å²) < 4.78 is 0. The average Bonchev–Trinajstić information content (AvgIpc) is 2.79. The van der Waals surface area contributed by atoms with Gasteiger partial charge in [0.15, 0.2) is 0 Å². The lowest BCUT2D eigenvalue weighted by atomic mass is 9.72. The minimum Gasteiger partial charge on any atom is -0.508 e. The molecule has 1 fully saturated rings. The molecule has 2 aromatic rings. The van der Waals surface area contributed by atoms with Gasteiger partial charge in [-0.15, -0.1) is 0 Å². The molecular weight excluding hydrogens is 376 g/mol. The van der Waals surface area contributed by atoms with E-state index in [4.69, 9.17) is 0 Å². The fourth-order valence-corrected chi connectivity index (χ4v) is 4.36. The Balaban J connectivity index is 1.91.